The van der Waals surface area contributed by atoms with Gasteiger partial charge in [-0.05, 0) is 25.7 Å². The maximum absolute atomic E-state index is 12.4. The number of aliphatic hydroxyl groups is 1. The molecular formula is C14H25N3O4. The molecule has 0 spiro atoms. The minimum Gasteiger partial charge on any atom is -0.396 e. The number of nitrogens with one attached hydrogen (secondary N) is 1. The number of hydrogen-bond donors (Lipinski definition) is 3. The molecule has 1 unspecified atom stereocenters. The standard InChI is InChI=1S/C14H25N3O4/c15-14(4-9-21-10-14)13(20)17-6-2-11(3-7-17)12(19)16-5-1-8-18/h11,18H,1-10,15H2,(H,16,19). The predicted octanol–water partition coefficient (Wildman–Crippen LogP) is -1.16. The molecule has 2 aliphatic rings. The summed E-state index contributed by atoms with van der Waals surface area (Å²) in [5, 5.41) is 11.5. The van der Waals surface area contributed by atoms with Gasteiger partial charge in [-0.1, -0.05) is 0 Å². The van der Waals surface area contributed by atoms with Gasteiger partial charge in [0.1, 0.15) is 5.54 Å². The second-order valence-corrected chi connectivity index (χ2v) is 5.89. The number of amides is 2. The van der Waals surface area contributed by atoms with Gasteiger partial charge in [-0.25, -0.2) is 0 Å². The lowest BCUT2D eigenvalue weighted by molar-refractivity contribution is -0.140. The lowest BCUT2D eigenvalue weighted by Gasteiger charge is -2.35. The molecule has 0 saturated carbocycles. The van der Waals surface area contributed by atoms with Crippen molar-refractivity contribution in [3.05, 3.63) is 0 Å². The highest BCUT2D eigenvalue weighted by atomic mass is 16.5. The summed E-state index contributed by atoms with van der Waals surface area (Å²) in [5.74, 6) is -0.0948. The van der Waals surface area contributed by atoms with Gasteiger partial charge >= 0.3 is 0 Å². The van der Waals surface area contributed by atoms with Crippen molar-refractivity contribution < 1.29 is 19.4 Å². The van der Waals surface area contributed by atoms with Gasteiger partial charge in [0.2, 0.25) is 11.8 Å². The summed E-state index contributed by atoms with van der Waals surface area (Å²) in [6.07, 6.45) is 2.45. The third-order valence-electron chi connectivity index (χ3n) is 4.27. The molecule has 2 amide bonds. The molecule has 7 nitrogen and oxygen atoms in total. The fourth-order valence-corrected chi connectivity index (χ4v) is 2.84. The number of aliphatic hydroxyl groups excluding tert-OH is 1. The van der Waals surface area contributed by atoms with Gasteiger partial charge in [0, 0.05) is 38.8 Å². The molecule has 0 aromatic heterocycles. The second kappa shape index (κ2) is 7.20. The maximum Gasteiger partial charge on any atom is 0.245 e. The van der Waals surface area contributed by atoms with E-state index in [9.17, 15) is 9.59 Å². The Hall–Kier alpha value is -1.18. The fraction of sp³-hybridized carbons (Fsp3) is 0.857. The van der Waals surface area contributed by atoms with Crippen molar-refractivity contribution >= 4 is 11.8 Å². The molecule has 0 bridgehead atoms. The van der Waals surface area contributed by atoms with Crippen LogP contribution in [0.2, 0.25) is 0 Å². The fourth-order valence-electron chi connectivity index (χ4n) is 2.84. The molecule has 0 aromatic carbocycles. The van der Waals surface area contributed by atoms with Gasteiger partial charge in [0.25, 0.3) is 0 Å². The number of carbonyl (C=O) groups excluding carboxylic acids is 2. The molecule has 120 valence electrons. The number of hydrogen-bond acceptors (Lipinski definition) is 5. The molecule has 7 heteroatoms. The Morgan fingerprint density at radius 1 is 1.38 bits per heavy atom. The van der Waals surface area contributed by atoms with E-state index in [0.29, 0.717) is 51.9 Å². The van der Waals surface area contributed by atoms with E-state index in [4.69, 9.17) is 15.6 Å². The third-order valence-corrected chi connectivity index (χ3v) is 4.27. The average molecular weight is 299 g/mol. The Morgan fingerprint density at radius 3 is 2.67 bits per heavy atom. The molecule has 2 aliphatic heterocycles. The first-order valence-corrected chi connectivity index (χ1v) is 7.61. The summed E-state index contributed by atoms with van der Waals surface area (Å²) in [5.41, 5.74) is 5.21. The minimum absolute atomic E-state index is 0.0159. The molecule has 2 fully saturated rings. The number of nitrogens with zero attached hydrogens (tertiary/aromatic N) is 1. The molecule has 2 saturated heterocycles. The number of rotatable bonds is 5. The van der Waals surface area contributed by atoms with Gasteiger partial charge in [-0.2, -0.15) is 0 Å². The van der Waals surface area contributed by atoms with Crippen molar-refractivity contribution in [2.75, 3.05) is 39.5 Å². The summed E-state index contributed by atoms with van der Waals surface area (Å²) in [6, 6.07) is 0. The quantitative estimate of drug-likeness (QED) is 0.556. The molecule has 21 heavy (non-hydrogen) atoms. The van der Waals surface area contributed by atoms with E-state index in [2.05, 4.69) is 5.32 Å². The number of nitrogens with two attached hydrogens (primary N) is 1. The summed E-state index contributed by atoms with van der Waals surface area (Å²) < 4.78 is 5.23. The third kappa shape index (κ3) is 3.93. The van der Waals surface area contributed by atoms with E-state index in [1.807, 2.05) is 0 Å². The summed E-state index contributed by atoms with van der Waals surface area (Å²) in [6.45, 7) is 2.52. The van der Waals surface area contributed by atoms with Gasteiger partial charge in [0.05, 0.1) is 6.61 Å². The second-order valence-electron chi connectivity index (χ2n) is 5.89. The smallest absolute Gasteiger partial charge is 0.245 e. The zero-order valence-corrected chi connectivity index (χ0v) is 12.3. The molecule has 0 aromatic rings. The van der Waals surface area contributed by atoms with E-state index in [-0.39, 0.29) is 30.9 Å². The van der Waals surface area contributed by atoms with Gasteiger partial charge in [0.15, 0.2) is 0 Å². The van der Waals surface area contributed by atoms with Gasteiger partial charge in [-0.15, -0.1) is 0 Å². The van der Waals surface area contributed by atoms with Crippen LogP contribution in [0, 0.1) is 5.92 Å². The van der Waals surface area contributed by atoms with Crippen LogP contribution in [0.15, 0.2) is 0 Å². The first-order chi connectivity index (χ1) is 10.1. The predicted molar refractivity (Wildman–Crippen MR) is 76.4 cm³/mol. The Balaban J connectivity index is 1.77. The average Bonchev–Trinajstić information content (AvgIpc) is 2.95. The Bertz CT molecular complexity index is 374. The highest BCUT2D eigenvalue weighted by Gasteiger charge is 2.42. The van der Waals surface area contributed by atoms with E-state index in [1.54, 1.807) is 4.90 Å². The topological polar surface area (TPSA) is 105 Å². The van der Waals surface area contributed by atoms with E-state index < -0.39 is 5.54 Å². The molecule has 0 aliphatic carbocycles. The number of carbonyl (C=O) groups is 2. The Labute approximate surface area is 124 Å². The normalized spacial score (nSPS) is 26.9. The van der Waals surface area contributed by atoms with Crippen molar-refractivity contribution in [1.29, 1.82) is 0 Å². The Morgan fingerprint density at radius 2 is 2.10 bits per heavy atom. The van der Waals surface area contributed by atoms with Crippen molar-refractivity contribution in [2.24, 2.45) is 11.7 Å². The minimum atomic E-state index is -0.879. The highest BCUT2D eigenvalue weighted by molar-refractivity contribution is 5.87. The summed E-state index contributed by atoms with van der Waals surface area (Å²) >= 11 is 0. The number of piperidine rings is 1. The number of likely N-dealkylation sites (tertiary alicyclic amines) is 1. The van der Waals surface area contributed by atoms with Gasteiger partial charge < -0.3 is 25.8 Å². The lowest BCUT2D eigenvalue weighted by atomic mass is 9.92. The van der Waals surface area contributed by atoms with Crippen LogP contribution in [-0.4, -0.2) is 66.8 Å². The van der Waals surface area contributed by atoms with Crippen LogP contribution in [0.1, 0.15) is 25.7 Å². The molecular weight excluding hydrogens is 274 g/mol. The monoisotopic (exact) mass is 299 g/mol. The zero-order chi connectivity index (χ0) is 15.3. The molecule has 2 rings (SSSR count). The molecule has 1 atom stereocenters. The van der Waals surface area contributed by atoms with Crippen LogP contribution in [0.3, 0.4) is 0 Å². The largest absolute Gasteiger partial charge is 0.396 e. The van der Waals surface area contributed by atoms with Crippen LogP contribution in [-0.2, 0) is 14.3 Å². The molecule has 0 radical (unpaired) electrons. The van der Waals surface area contributed by atoms with Crippen molar-refractivity contribution in [2.45, 2.75) is 31.2 Å². The molecule has 4 N–H and O–H groups in total. The maximum atomic E-state index is 12.4. The van der Waals surface area contributed by atoms with E-state index in [0.717, 1.165) is 0 Å². The SMILES string of the molecule is NC1(C(=O)N2CCC(C(=O)NCCCO)CC2)CCOC1. The number of ether oxygens (including phenoxy) is 1. The van der Waals surface area contributed by atoms with Crippen molar-refractivity contribution in [1.82, 2.24) is 10.2 Å². The summed E-state index contributed by atoms with van der Waals surface area (Å²) in [4.78, 5) is 26.1. The van der Waals surface area contributed by atoms with E-state index >= 15 is 0 Å². The molecule has 2 heterocycles. The first kappa shape index (κ1) is 16.2. The first-order valence-electron chi connectivity index (χ1n) is 7.61. The van der Waals surface area contributed by atoms with Crippen molar-refractivity contribution in [3.8, 4) is 0 Å². The van der Waals surface area contributed by atoms with Crippen LogP contribution in [0.5, 0.6) is 0 Å². The van der Waals surface area contributed by atoms with Crippen LogP contribution in [0.4, 0.5) is 0 Å². The zero-order valence-electron chi connectivity index (χ0n) is 12.3. The Kier molecular flexibility index (Phi) is 5.55. The van der Waals surface area contributed by atoms with Crippen LogP contribution < -0.4 is 11.1 Å². The van der Waals surface area contributed by atoms with Gasteiger partial charge in [-0.3, -0.25) is 9.59 Å². The van der Waals surface area contributed by atoms with Crippen LogP contribution in [0.25, 0.3) is 0 Å². The van der Waals surface area contributed by atoms with Crippen molar-refractivity contribution in [3.63, 3.8) is 0 Å². The van der Waals surface area contributed by atoms with E-state index in [1.165, 1.54) is 0 Å². The lowest BCUT2D eigenvalue weighted by Crippen LogP contribution is -2.57. The summed E-state index contributed by atoms with van der Waals surface area (Å²) in [7, 11) is 0. The highest BCUT2D eigenvalue weighted by Crippen LogP contribution is 2.23. The van der Waals surface area contributed by atoms with Crippen LogP contribution >= 0.6 is 0 Å².